The van der Waals surface area contributed by atoms with Crippen LogP contribution in [-0.4, -0.2) is 114 Å². The standard InChI is InChI=1S/C40H58N6O10/c1-7-29(35(49)38(52)41-27-16-17-27)42-36(50)30-20-28(56-40(54)45-19-18-25-12-8-9-13-26(25)21-45)22-46(30)39(53)34(24(4)5)44-37(51)33(23(2)3)43-31(47)14-10-11-15-32(48)55-6/h8-9,12-13,23-24,27-30,33-34H,7,10-11,14-22H2,1-6H3,(H,41,52)(H,42,50)(H,43,47)(H,44,51)/t28-,29?,30+,33+,34+/m1/s1. The molecular weight excluding hydrogens is 724 g/mol. The Morgan fingerprint density at radius 1 is 0.857 bits per heavy atom. The molecule has 2 fully saturated rings. The van der Waals surface area contributed by atoms with Crippen LogP contribution in [0.4, 0.5) is 4.79 Å². The van der Waals surface area contributed by atoms with Crippen LogP contribution in [0.3, 0.4) is 0 Å². The number of hydrogen-bond acceptors (Lipinski definition) is 10. The fourth-order valence-electron chi connectivity index (χ4n) is 6.88. The van der Waals surface area contributed by atoms with Gasteiger partial charge in [0.2, 0.25) is 29.4 Å². The number of benzene rings is 1. The van der Waals surface area contributed by atoms with Gasteiger partial charge in [-0.2, -0.15) is 0 Å². The Bertz CT molecular complexity index is 1630. The van der Waals surface area contributed by atoms with Gasteiger partial charge < -0.3 is 40.5 Å². The van der Waals surface area contributed by atoms with E-state index in [-0.39, 0.29) is 56.1 Å². The van der Waals surface area contributed by atoms with Crippen molar-refractivity contribution in [2.24, 2.45) is 11.8 Å². The molecule has 0 radical (unpaired) electrons. The molecule has 56 heavy (non-hydrogen) atoms. The Morgan fingerprint density at radius 3 is 2.14 bits per heavy atom. The minimum Gasteiger partial charge on any atom is -0.469 e. The first kappa shape index (κ1) is 43.7. The molecule has 5 atom stereocenters. The number of Topliss-reactive ketones (excluding diaryl/α,β-unsaturated/α-hetero) is 1. The highest BCUT2D eigenvalue weighted by molar-refractivity contribution is 6.38. The Balaban J connectivity index is 1.49. The average molecular weight is 783 g/mol. The zero-order valence-electron chi connectivity index (χ0n) is 33.4. The molecule has 308 valence electrons. The second-order valence-corrected chi connectivity index (χ2v) is 15.6. The molecule has 0 bridgehead atoms. The fourth-order valence-corrected chi connectivity index (χ4v) is 6.88. The van der Waals surface area contributed by atoms with Crippen LogP contribution < -0.4 is 21.3 Å². The van der Waals surface area contributed by atoms with Gasteiger partial charge in [-0.15, -0.1) is 0 Å². The van der Waals surface area contributed by atoms with Gasteiger partial charge in [0.15, 0.2) is 0 Å². The molecule has 4 N–H and O–H groups in total. The van der Waals surface area contributed by atoms with Gasteiger partial charge in [0, 0.05) is 38.4 Å². The zero-order chi connectivity index (χ0) is 41.1. The Morgan fingerprint density at radius 2 is 1.52 bits per heavy atom. The number of nitrogens with zero attached hydrogens (tertiary/aromatic N) is 2. The third kappa shape index (κ3) is 12.0. The summed E-state index contributed by atoms with van der Waals surface area (Å²) in [6.07, 6.45) is 1.87. The summed E-state index contributed by atoms with van der Waals surface area (Å²) >= 11 is 0. The second-order valence-electron chi connectivity index (χ2n) is 15.6. The van der Waals surface area contributed by atoms with Crippen LogP contribution >= 0.6 is 0 Å². The monoisotopic (exact) mass is 782 g/mol. The van der Waals surface area contributed by atoms with Crippen molar-refractivity contribution in [1.82, 2.24) is 31.1 Å². The van der Waals surface area contributed by atoms with Crippen LogP contribution in [-0.2, 0) is 56.0 Å². The van der Waals surface area contributed by atoms with E-state index >= 15 is 0 Å². The molecule has 2 heterocycles. The highest BCUT2D eigenvalue weighted by atomic mass is 16.6. The molecule has 1 aromatic rings. The third-order valence-electron chi connectivity index (χ3n) is 10.4. The van der Waals surface area contributed by atoms with E-state index in [1.54, 1.807) is 39.5 Å². The molecule has 0 aromatic heterocycles. The van der Waals surface area contributed by atoms with E-state index in [2.05, 4.69) is 26.0 Å². The highest BCUT2D eigenvalue weighted by Crippen LogP contribution is 2.26. The van der Waals surface area contributed by atoms with Crippen molar-refractivity contribution in [2.75, 3.05) is 20.2 Å². The number of esters is 1. The summed E-state index contributed by atoms with van der Waals surface area (Å²) in [5, 5.41) is 10.8. The van der Waals surface area contributed by atoms with Gasteiger partial charge in [-0.3, -0.25) is 33.6 Å². The number of carbonyl (C=O) groups excluding carboxylic acids is 8. The number of fused-ring (bicyclic) bond motifs is 1. The molecule has 1 aromatic carbocycles. The topological polar surface area (TPSA) is 210 Å². The molecule has 6 amide bonds. The smallest absolute Gasteiger partial charge is 0.410 e. The number of rotatable bonds is 18. The first-order valence-corrected chi connectivity index (χ1v) is 19.8. The largest absolute Gasteiger partial charge is 0.469 e. The summed E-state index contributed by atoms with van der Waals surface area (Å²) in [6.45, 7) is 9.25. The van der Waals surface area contributed by atoms with Crippen LogP contribution in [0, 0.1) is 11.8 Å². The lowest BCUT2D eigenvalue weighted by molar-refractivity contribution is -0.144. The van der Waals surface area contributed by atoms with Crippen molar-refractivity contribution in [3.63, 3.8) is 0 Å². The summed E-state index contributed by atoms with van der Waals surface area (Å²) in [6, 6.07) is 3.28. The normalized spacial score (nSPS) is 19.3. The lowest BCUT2D eigenvalue weighted by atomic mass is 9.98. The SMILES string of the molecule is CCC(NC(=O)[C@@H]1C[C@@H](OC(=O)N2CCc3ccccc3C2)CN1C(=O)[C@@H](NC(=O)[C@@H](NC(=O)CCCCC(=O)OC)C(C)C)C(C)C)C(=O)C(=O)NC1CC1. The third-order valence-corrected chi connectivity index (χ3v) is 10.4. The van der Waals surface area contributed by atoms with Gasteiger partial charge in [0.1, 0.15) is 24.2 Å². The van der Waals surface area contributed by atoms with Crippen molar-refractivity contribution in [3.05, 3.63) is 35.4 Å². The Hall–Kier alpha value is -5.02. The highest BCUT2D eigenvalue weighted by Gasteiger charge is 2.46. The maximum Gasteiger partial charge on any atom is 0.410 e. The van der Waals surface area contributed by atoms with Gasteiger partial charge in [0.25, 0.3) is 5.91 Å². The molecule has 1 saturated heterocycles. The number of amides is 6. The minimum absolute atomic E-state index is 0.0590. The first-order chi connectivity index (χ1) is 26.6. The Kier molecular flexibility index (Phi) is 15.8. The number of methoxy groups -OCH3 is 1. The fraction of sp³-hybridized carbons (Fsp3) is 0.650. The van der Waals surface area contributed by atoms with Crippen molar-refractivity contribution in [3.8, 4) is 0 Å². The van der Waals surface area contributed by atoms with Crippen LogP contribution in [0.15, 0.2) is 24.3 Å². The van der Waals surface area contributed by atoms with Gasteiger partial charge >= 0.3 is 12.1 Å². The summed E-state index contributed by atoms with van der Waals surface area (Å²) < 4.78 is 10.5. The number of likely N-dealkylation sites (tertiary alicyclic amines) is 1. The molecule has 1 saturated carbocycles. The number of carbonyl (C=O) groups is 8. The number of ketones is 1. The van der Waals surface area contributed by atoms with Crippen molar-refractivity contribution in [2.45, 2.75) is 135 Å². The van der Waals surface area contributed by atoms with E-state index in [1.807, 2.05) is 24.3 Å². The number of ether oxygens (including phenoxy) is 2. The van der Waals surface area contributed by atoms with E-state index in [1.165, 1.54) is 12.0 Å². The van der Waals surface area contributed by atoms with Gasteiger partial charge in [-0.25, -0.2) is 4.79 Å². The molecular formula is C40H58N6O10. The summed E-state index contributed by atoms with van der Waals surface area (Å²) in [5.74, 6) is -5.07. The van der Waals surface area contributed by atoms with Gasteiger partial charge in [-0.05, 0) is 61.5 Å². The number of hydrogen-bond donors (Lipinski definition) is 4. The first-order valence-electron chi connectivity index (χ1n) is 19.8. The molecule has 4 rings (SSSR count). The lowest BCUT2D eigenvalue weighted by Crippen LogP contribution is -2.59. The van der Waals surface area contributed by atoms with E-state index in [4.69, 9.17) is 4.74 Å². The van der Waals surface area contributed by atoms with Gasteiger partial charge in [0.05, 0.1) is 19.7 Å². The van der Waals surface area contributed by atoms with Crippen LogP contribution in [0.1, 0.15) is 97.1 Å². The van der Waals surface area contributed by atoms with Crippen LogP contribution in [0.2, 0.25) is 0 Å². The van der Waals surface area contributed by atoms with Crippen LogP contribution in [0.25, 0.3) is 0 Å². The molecule has 3 aliphatic rings. The van der Waals surface area contributed by atoms with E-state index < -0.39 is 71.7 Å². The summed E-state index contributed by atoms with van der Waals surface area (Å²) in [4.78, 5) is 108. The van der Waals surface area contributed by atoms with Gasteiger partial charge in [-0.1, -0.05) is 58.9 Å². The zero-order valence-corrected chi connectivity index (χ0v) is 33.4. The van der Waals surface area contributed by atoms with E-state index in [0.717, 1.165) is 24.0 Å². The predicted octanol–water partition coefficient (Wildman–Crippen LogP) is 1.91. The molecule has 1 unspecified atom stereocenters. The van der Waals surface area contributed by atoms with Crippen molar-refractivity contribution in [1.29, 1.82) is 0 Å². The van der Waals surface area contributed by atoms with Crippen LogP contribution in [0.5, 0.6) is 0 Å². The molecule has 0 spiro atoms. The van der Waals surface area contributed by atoms with E-state index in [0.29, 0.717) is 32.4 Å². The summed E-state index contributed by atoms with van der Waals surface area (Å²) in [7, 11) is 1.29. The average Bonchev–Trinajstić information content (AvgIpc) is 3.90. The maximum absolute atomic E-state index is 14.4. The second kappa shape index (κ2) is 20.2. The molecule has 16 nitrogen and oxygen atoms in total. The van der Waals surface area contributed by atoms with E-state index in [9.17, 15) is 38.4 Å². The summed E-state index contributed by atoms with van der Waals surface area (Å²) in [5.41, 5.74) is 2.15. The molecule has 1 aliphatic carbocycles. The molecule has 2 aliphatic heterocycles. The molecule has 16 heteroatoms. The quantitative estimate of drug-likeness (QED) is 0.0966. The van der Waals surface area contributed by atoms with Crippen molar-refractivity contribution < 1.29 is 47.8 Å². The number of nitrogens with one attached hydrogen (secondary N) is 4. The minimum atomic E-state index is -1.19. The lowest BCUT2D eigenvalue weighted by Gasteiger charge is -2.32. The predicted molar refractivity (Wildman–Crippen MR) is 203 cm³/mol. The Labute approximate surface area is 328 Å². The van der Waals surface area contributed by atoms with Crippen molar-refractivity contribution >= 4 is 47.4 Å². The number of unbranched alkanes of at least 4 members (excludes halogenated alkanes) is 1. The maximum atomic E-state index is 14.4.